The fourth-order valence-corrected chi connectivity index (χ4v) is 4.46. The molecule has 0 radical (unpaired) electrons. The number of anilines is 1. The molecule has 3 heterocycles. The van der Waals surface area contributed by atoms with Crippen LogP contribution in [0.3, 0.4) is 0 Å². The van der Waals surface area contributed by atoms with Gasteiger partial charge in [0, 0.05) is 43.7 Å². The fourth-order valence-electron chi connectivity index (χ4n) is 4.46. The minimum absolute atomic E-state index is 0.00901. The molecular weight excluding hydrogens is 414 g/mol. The molecule has 4 aromatic rings. The van der Waals surface area contributed by atoms with Gasteiger partial charge in [0.05, 0.1) is 30.0 Å². The Labute approximate surface area is 192 Å². The molecule has 0 fully saturated rings. The second-order valence-corrected chi connectivity index (χ2v) is 8.48. The van der Waals surface area contributed by atoms with E-state index in [9.17, 15) is 4.79 Å². The number of hydrogen-bond donors (Lipinski definition) is 2. The number of aryl methyl sites for hydroxylation is 3. The highest BCUT2D eigenvalue weighted by atomic mass is 16.1. The average molecular weight is 442 g/mol. The maximum atomic E-state index is 11.7. The van der Waals surface area contributed by atoms with Crippen molar-refractivity contribution in [3.05, 3.63) is 71.7 Å². The minimum Gasteiger partial charge on any atom is -0.378 e. The van der Waals surface area contributed by atoms with Crippen LogP contribution < -0.4 is 10.6 Å². The number of aromatic nitrogens is 5. The van der Waals surface area contributed by atoms with Crippen LogP contribution in [0.5, 0.6) is 0 Å². The fraction of sp³-hybridized carbons (Fsp3) is 0.280. The third-order valence-electron chi connectivity index (χ3n) is 6.19. The maximum absolute atomic E-state index is 11.7. The quantitative estimate of drug-likeness (QED) is 0.495. The highest BCUT2D eigenvalue weighted by molar-refractivity contribution is 5.78. The lowest BCUT2D eigenvalue weighted by Crippen LogP contribution is -2.19. The Kier molecular flexibility index (Phi) is 5.42. The van der Waals surface area contributed by atoms with Gasteiger partial charge in [-0.25, -0.2) is 4.68 Å². The van der Waals surface area contributed by atoms with Crippen molar-refractivity contribution in [1.82, 2.24) is 30.1 Å². The van der Waals surface area contributed by atoms with Crippen LogP contribution >= 0.6 is 0 Å². The zero-order valence-corrected chi connectivity index (χ0v) is 19.0. The number of benzene rings is 2. The van der Waals surface area contributed by atoms with Gasteiger partial charge in [0.15, 0.2) is 0 Å². The standard InChI is InChI=1S/C25H27N7O/c1-16-25-21-9-6-18(19-14-27-31(3)15-19)13-22(21)23(10-11-32(25)30-29-16)28-20-7-4-17(5-8-20)12-24(33)26-2/h4-9,13-15,23,28H,10-12H2,1-3H3,(H,26,33). The molecule has 1 aliphatic heterocycles. The van der Waals surface area contributed by atoms with Gasteiger partial charge < -0.3 is 10.6 Å². The summed E-state index contributed by atoms with van der Waals surface area (Å²) in [6.07, 6.45) is 5.18. The van der Waals surface area contributed by atoms with Gasteiger partial charge in [-0.1, -0.05) is 29.5 Å². The summed E-state index contributed by atoms with van der Waals surface area (Å²) in [4.78, 5) is 11.7. The van der Waals surface area contributed by atoms with Gasteiger partial charge in [-0.2, -0.15) is 5.10 Å². The topological polar surface area (TPSA) is 89.7 Å². The first kappa shape index (κ1) is 20.9. The van der Waals surface area contributed by atoms with Gasteiger partial charge in [0.2, 0.25) is 5.91 Å². The van der Waals surface area contributed by atoms with Crippen LogP contribution in [0.4, 0.5) is 5.69 Å². The molecule has 8 heteroatoms. The molecule has 2 aromatic carbocycles. The Balaban J connectivity index is 1.51. The van der Waals surface area contributed by atoms with Crippen LogP contribution in [0.25, 0.3) is 22.4 Å². The number of nitrogens with zero attached hydrogens (tertiary/aromatic N) is 5. The van der Waals surface area contributed by atoms with Gasteiger partial charge in [-0.3, -0.25) is 9.48 Å². The lowest BCUT2D eigenvalue weighted by Gasteiger charge is -2.21. The molecule has 0 spiro atoms. The van der Waals surface area contributed by atoms with E-state index in [1.807, 2.05) is 60.0 Å². The number of hydrogen-bond acceptors (Lipinski definition) is 5. The van der Waals surface area contributed by atoms with E-state index in [4.69, 9.17) is 0 Å². The van der Waals surface area contributed by atoms with Crippen molar-refractivity contribution in [1.29, 1.82) is 0 Å². The monoisotopic (exact) mass is 441 g/mol. The summed E-state index contributed by atoms with van der Waals surface area (Å²) in [5, 5.41) is 19.4. The van der Waals surface area contributed by atoms with E-state index in [0.29, 0.717) is 6.42 Å². The van der Waals surface area contributed by atoms with Crippen molar-refractivity contribution < 1.29 is 4.79 Å². The largest absolute Gasteiger partial charge is 0.378 e. The zero-order chi connectivity index (χ0) is 22.9. The van der Waals surface area contributed by atoms with Crippen LogP contribution in [0.2, 0.25) is 0 Å². The Morgan fingerprint density at radius 1 is 1.15 bits per heavy atom. The first-order valence-electron chi connectivity index (χ1n) is 11.1. The van der Waals surface area contributed by atoms with Crippen LogP contribution in [0.1, 0.15) is 29.3 Å². The number of nitrogens with one attached hydrogen (secondary N) is 2. The van der Waals surface area contributed by atoms with Gasteiger partial charge in [0.25, 0.3) is 0 Å². The SMILES string of the molecule is CNC(=O)Cc1ccc(NC2CCn3nnc(C)c3-c3ccc(-c4cnn(C)c4)cc32)cc1. The van der Waals surface area contributed by atoms with Crippen molar-refractivity contribution in [3.63, 3.8) is 0 Å². The third-order valence-corrected chi connectivity index (χ3v) is 6.19. The number of amides is 1. The minimum atomic E-state index is 0.00901. The molecule has 0 aliphatic carbocycles. The van der Waals surface area contributed by atoms with E-state index in [0.717, 1.165) is 52.3 Å². The highest BCUT2D eigenvalue weighted by Gasteiger charge is 2.26. The number of rotatable bonds is 5. The van der Waals surface area contributed by atoms with E-state index in [2.05, 4.69) is 44.2 Å². The molecule has 5 rings (SSSR count). The molecule has 0 saturated heterocycles. The molecule has 2 aromatic heterocycles. The van der Waals surface area contributed by atoms with Gasteiger partial charge in [-0.15, -0.1) is 5.10 Å². The van der Waals surface area contributed by atoms with Crippen LogP contribution in [-0.4, -0.2) is 37.7 Å². The third kappa shape index (κ3) is 4.11. The van der Waals surface area contributed by atoms with Crippen LogP contribution in [0.15, 0.2) is 54.9 Å². The molecule has 0 bridgehead atoms. The highest BCUT2D eigenvalue weighted by Crippen LogP contribution is 2.39. The van der Waals surface area contributed by atoms with Crippen molar-refractivity contribution in [3.8, 4) is 22.4 Å². The van der Waals surface area contributed by atoms with E-state index in [1.165, 1.54) is 5.56 Å². The van der Waals surface area contributed by atoms with Crippen LogP contribution in [0, 0.1) is 6.92 Å². The van der Waals surface area contributed by atoms with Gasteiger partial charge >= 0.3 is 0 Å². The molecule has 1 unspecified atom stereocenters. The summed E-state index contributed by atoms with van der Waals surface area (Å²) in [6.45, 7) is 2.79. The van der Waals surface area contributed by atoms with Crippen LogP contribution in [-0.2, 0) is 24.8 Å². The van der Waals surface area contributed by atoms with Gasteiger partial charge in [-0.05, 0) is 48.2 Å². The summed E-state index contributed by atoms with van der Waals surface area (Å²) in [7, 11) is 3.59. The second-order valence-electron chi connectivity index (χ2n) is 8.48. The molecule has 1 aliphatic rings. The Hall–Kier alpha value is -3.94. The van der Waals surface area contributed by atoms with E-state index in [1.54, 1.807) is 7.05 Å². The normalized spacial score (nSPS) is 14.8. The van der Waals surface area contributed by atoms with E-state index < -0.39 is 0 Å². The number of carbonyl (C=O) groups excluding carboxylic acids is 1. The number of carbonyl (C=O) groups is 1. The maximum Gasteiger partial charge on any atom is 0.224 e. The second kappa shape index (κ2) is 8.54. The Morgan fingerprint density at radius 2 is 1.97 bits per heavy atom. The Morgan fingerprint density at radius 3 is 2.70 bits per heavy atom. The van der Waals surface area contributed by atoms with Crippen molar-refractivity contribution in [2.24, 2.45) is 7.05 Å². The summed E-state index contributed by atoms with van der Waals surface area (Å²) in [5.74, 6) is 0.00901. The molecule has 2 N–H and O–H groups in total. The Bertz CT molecular complexity index is 1300. The van der Waals surface area contributed by atoms with E-state index >= 15 is 0 Å². The summed E-state index contributed by atoms with van der Waals surface area (Å²) >= 11 is 0. The van der Waals surface area contributed by atoms with Gasteiger partial charge in [0.1, 0.15) is 0 Å². The first-order chi connectivity index (χ1) is 16.0. The molecule has 1 amide bonds. The predicted molar refractivity (Wildman–Crippen MR) is 128 cm³/mol. The zero-order valence-electron chi connectivity index (χ0n) is 19.0. The van der Waals surface area contributed by atoms with E-state index in [-0.39, 0.29) is 11.9 Å². The molecule has 0 saturated carbocycles. The average Bonchev–Trinajstić information content (AvgIpc) is 3.38. The smallest absolute Gasteiger partial charge is 0.224 e. The van der Waals surface area contributed by atoms with Crippen molar-refractivity contribution in [2.45, 2.75) is 32.4 Å². The molecule has 1 atom stereocenters. The molecule has 33 heavy (non-hydrogen) atoms. The van der Waals surface area contributed by atoms with Crippen molar-refractivity contribution >= 4 is 11.6 Å². The summed E-state index contributed by atoms with van der Waals surface area (Å²) in [5.41, 5.74) is 8.61. The molecule has 168 valence electrons. The first-order valence-corrected chi connectivity index (χ1v) is 11.1. The number of likely N-dealkylation sites (N-methyl/N-ethyl adjacent to an activating group) is 1. The molecule has 8 nitrogen and oxygen atoms in total. The summed E-state index contributed by atoms with van der Waals surface area (Å²) in [6, 6.07) is 14.8. The lowest BCUT2D eigenvalue weighted by molar-refractivity contribution is -0.119. The number of fused-ring (bicyclic) bond motifs is 3. The van der Waals surface area contributed by atoms with Crippen molar-refractivity contribution in [2.75, 3.05) is 12.4 Å². The lowest BCUT2D eigenvalue weighted by atomic mass is 9.93. The summed E-state index contributed by atoms with van der Waals surface area (Å²) < 4.78 is 3.83. The predicted octanol–water partition coefficient (Wildman–Crippen LogP) is 3.50. The molecular formula is C25H27N7O.